The van der Waals surface area contributed by atoms with Crippen LogP contribution < -0.4 is 5.73 Å². The molecule has 0 aliphatic carbocycles. The Morgan fingerprint density at radius 1 is 0.943 bits per heavy atom. The van der Waals surface area contributed by atoms with Crippen molar-refractivity contribution in [1.82, 2.24) is 14.5 Å². The molecule has 1 unspecified atom stereocenters. The molecule has 1 atom stereocenters. The standard InChI is InChI=1S/C30H34N4O/c1-22(2)28(34(19-18-31)30(35)26-16-14-23(3)15-17-26)29-32-27(25-12-8-5-9-13-25)21-33(29)20-24-10-6-4-7-11-24/h4-17,21-22,28H,18-20,31H2,1-3H3. The average Bonchev–Trinajstić information content (AvgIpc) is 3.28. The molecule has 4 aromatic rings. The van der Waals surface area contributed by atoms with Crippen molar-refractivity contribution in [3.63, 3.8) is 0 Å². The molecule has 5 nitrogen and oxygen atoms in total. The zero-order chi connectivity index (χ0) is 24.8. The maximum Gasteiger partial charge on any atom is 0.254 e. The zero-order valence-electron chi connectivity index (χ0n) is 20.8. The number of benzene rings is 3. The van der Waals surface area contributed by atoms with Crippen molar-refractivity contribution >= 4 is 5.91 Å². The van der Waals surface area contributed by atoms with Crippen molar-refractivity contribution in [2.45, 2.75) is 33.4 Å². The van der Waals surface area contributed by atoms with Gasteiger partial charge in [-0.25, -0.2) is 4.98 Å². The molecule has 0 spiro atoms. The van der Waals surface area contributed by atoms with Gasteiger partial charge >= 0.3 is 0 Å². The van der Waals surface area contributed by atoms with Crippen LogP contribution >= 0.6 is 0 Å². The van der Waals surface area contributed by atoms with Gasteiger partial charge in [-0.2, -0.15) is 0 Å². The van der Waals surface area contributed by atoms with E-state index in [0.29, 0.717) is 25.2 Å². The Bertz CT molecular complexity index is 1230. The quantitative estimate of drug-likeness (QED) is 0.344. The Labute approximate surface area is 208 Å². The van der Waals surface area contributed by atoms with Gasteiger partial charge in [-0.3, -0.25) is 4.79 Å². The monoisotopic (exact) mass is 466 g/mol. The fraction of sp³-hybridized carbons (Fsp3) is 0.267. The normalized spacial score (nSPS) is 12.0. The maximum atomic E-state index is 13.7. The first kappa shape index (κ1) is 24.4. The number of hydrogen-bond donors (Lipinski definition) is 1. The number of hydrogen-bond acceptors (Lipinski definition) is 3. The molecule has 1 heterocycles. The smallest absolute Gasteiger partial charge is 0.254 e. The molecule has 4 rings (SSSR count). The predicted molar refractivity (Wildman–Crippen MR) is 142 cm³/mol. The van der Waals surface area contributed by atoms with Gasteiger partial charge in [0.15, 0.2) is 0 Å². The van der Waals surface area contributed by atoms with E-state index in [-0.39, 0.29) is 17.9 Å². The summed E-state index contributed by atoms with van der Waals surface area (Å²) >= 11 is 0. The van der Waals surface area contributed by atoms with Crippen LogP contribution in [0.2, 0.25) is 0 Å². The third-order valence-corrected chi connectivity index (χ3v) is 6.23. The van der Waals surface area contributed by atoms with Gasteiger partial charge in [-0.1, -0.05) is 92.2 Å². The second kappa shape index (κ2) is 11.2. The van der Waals surface area contributed by atoms with Crippen molar-refractivity contribution in [2.75, 3.05) is 13.1 Å². The summed E-state index contributed by atoms with van der Waals surface area (Å²) in [5.41, 5.74) is 10.9. The molecule has 3 aromatic carbocycles. The molecule has 1 aromatic heterocycles. The van der Waals surface area contributed by atoms with Crippen LogP contribution in [0.5, 0.6) is 0 Å². The Morgan fingerprint density at radius 2 is 1.57 bits per heavy atom. The number of nitrogens with two attached hydrogens (primary N) is 1. The Morgan fingerprint density at radius 3 is 2.17 bits per heavy atom. The molecule has 0 bridgehead atoms. The lowest BCUT2D eigenvalue weighted by atomic mass is 9.99. The molecule has 5 heteroatoms. The number of carbonyl (C=O) groups is 1. The number of aromatic nitrogens is 2. The highest BCUT2D eigenvalue weighted by molar-refractivity contribution is 5.94. The Kier molecular flexibility index (Phi) is 7.78. The van der Waals surface area contributed by atoms with E-state index >= 15 is 0 Å². The lowest BCUT2D eigenvalue weighted by Crippen LogP contribution is -2.41. The van der Waals surface area contributed by atoms with Crippen molar-refractivity contribution in [3.8, 4) is 11.3 Å². The van der Waals surface area contributed by atoms with Crippen LogP contribution in [0, 0.1) is 12.8 Å². The minimum absolute atomic E-state index is 0.0235. The number of aryl methyl sites for hydroxylation is 1. The Hall–Kier alpha value is -3.70. The van der Waals surface area contributed by atoms with Crippen LogP contribution in [0.1, 0.15) is 47.2 Å². The number of rotatable bonds is 9. The van der Waals surface area contributed by atoms with Crippen LogP contribution in [0.25, 0.3) is 11.3 Å². The summed E-state index contributed by atoms with van der Waals surface area (Å²) in [6.07, 6.45) is 2.10. The van der Waals surface area contributed by atoms with E-state index < -0.39 is 0 Å². The molecule has 0 saturated heterocycles. The molecule has 180 valence electrons. The summed E-state index contributed by atoms with van der Waals surface area (Å²) in [5.74, 6) is 0.984. The van der Waals surface area contributed by atoms with E-state index in [4.69, 9.17) is 10.7 Å². The van der Waals surface area contributed by atoms with E-state index in [1.165, 1.54) is 5.56 Å². The lowest BCUT2D eigenvalue weighted by molar-refractivity contribution is 0.0614. The summed E-state index contributed by atoms with van der Waals surface area (Å²) < 4.78 is 2.19. The summed E-state index contributed by atoms with van der Waals surface area (Å²) in [6.45, 7) is 7.81. The van der Waals surface area contributed by atoms with Crippen molar-refractivity contribution < 1.29 is 4.79 Å². The lowest BCUT2D eigenvalue weighted by Gasteiger charge is -2.34. The minimum atomic E-state index is -0.228. The fourth-order valence-electron chi connectivity index (χ4n) is 4.49. The molecular weight excluding hydrogens is 432 g/mol. The molecule has 2 N–H and O–H groups in total. The molecule has 35 heavy (non-hydrogen) atoms. The van der Waals surface area contributed by atoms with Crippen molar-refractivity contribution in [1.29, 1.82) is 0 Å². The fourth-order valence-corrected chi connectivity index (χ4v) is 4.49. The van der Waals surface area contributed by atoms with E-state index in [2.05, 4.69) is 48.9 Å². The largest absolute Gasteiger partial charge is 0.329 e. The van der Waals surface area contributed by atoms with Crippen LogP contribution in [0.3, 0.4) is 0 Å². The Balaban J connectivity index is 1.81. The van der Waals surface area contributed by atoms with E-state index in [1.54, 1.807) is 0 Å². The van der Waals surface area contributed by atoms with Gasteiger partial charge in [0, 0.05) is 37.0 Å². The van der Waals surface area contributed by atoms with Crippen LogP contribution in [0.4, 0.5) is 0 Å². The van der Waals surface area contributed by atoms with Gasteiger partial charge < -0.3 is 15.2 Å². The minimum Gasteiger partial charge on any atom is -0.329 e. The van der Waals surface area contributed by atoms with Gasteiger partial charge in [0.2, 0.25) is 0 Å². The zero-order valence-corrected chi connectivity index (χ0v) is 20.8. The van der Waals surface area contributed by atoms with Gasteiger partial charge in [-0.15, -0.1) is 0 Å². The highest BCUT2D eigenvalue weighted by Gasteiger charge is 2.32. The molecule has 0 fully saturated rings. The molecule has 0 radical (unpaired) electrons. The molecule has 0 aliphatic heterocycles. The predicted octanol–water partition coefficient (Wildman–Crippen LogP) is 5.71. The average molecular weight is 467 g/mol. The highest BCUT2D eigenvalue weighted by Crippen LogP contribution is 2.32. The summed E-state index contributed by atoms with van der Waals surface area (Å²) in [4.78, 5) is 20.8. The van der Waals surface area contributed by atoms with E-state index in [9.17, 15) is 4.79 Å². The van der Waals surface area contributed by atoms with Gasteiger partial charge in [0.25, 0.3) is 5.91 Å². The van der Waals surface area contributed by atoms with E-state index in [1.807, 2.05) is 72.5 Å². The third kappa shape index (κ3) is 5.69. The van der Waals surface area contributed by atoms with Gasteiger partial charge in [-0.05, 0) is 30.5 Å². The SMILES string of the molecule is Cc1ccc(C(=O)N(CCN)C(c2nc(-c3ccccc3)cn2Cc2ccccc2)C(C)C)cc1. The van der Waals surface area contributed by atoms with Crippen LogP contribution in [-0.4, -0.2) is 33.4 Å². The number of nitrogens with zero attached hydrogens (tertiary/aromatic N) is 3. The molecule has 0 aliphatic rings. The topological polar surface area (TPSA) is 64.2 Å². The molecule has 1 amide bonds. The second-order valence-corrected chi connectivity index (χ2v) is 9.31. The number of amides is 1. The second-order valence-electron chi connectivity index (χ2n) is 9.31. The van der Waals surface area contributed by atoms with Gasteiger partial charge in [0.05, 0.1) is 11.7 Å². The highest BCUT2D eigenvalue weighted by atomic mass is 16.2. The molecular formula is C30H34N4O. The van der Waals surface area contributed by atoms with Crippen molar-refractivity contribution in [3.05, 3.63) is 114 Å². The number of imidazole rings is 1. The van der Waals surface area contributed by atoms with E-state index in [0.717, 1.165) is 22.6 Å². The van der Waals surface area contributed by atoms with Crippen molar-refractivity contribution in [2.24, 2.45) is 11.7 Å². The molecule has 0 saturated carbocycles. The summed E-state index contributed by atoms with van der Waals surface area (Å²) in [7, 11) is 0. The third-order valence-electron chi connectivity index (χ3n) is 6.23. The first-order chi connectivity index (χ1) is 17.0. The van der Waals surface area contributed by atoms with Crippen LogP contribution in [-0.2, 0) is 6.54 Å². The van der Waals surface area contributed by atoms with Gasteiger partial charge in [0.1, 0.15) is 5.82 Å². The number of carbonyl (C=O) groups excluding carboxylic acids is 1. The first-order valence-corrected chi connectivity index (χ1v) is 12.2. The summed E-state index contributed by atoms with van der Waals surface area (Å²) in [5, 5.41) is 0. The van der Waals surface area contributed by atoms with Crippen LogP contribution in [0.15, 0.2) is 91.1 Å². The maximum absolute atomic E-state index is 13.7. The first-order valence-electron chi connectivity index (χ1n) is 12.2. The summed E-state index contributed by atoms with van der Waals surface area (Å²) in [6, 6.07) is 28.0.